The first-order chi connectivity index (χ1) is 18.9. The van der Waals surface area contributed by atoms with Crippen LogP contribution in [-0.2, 0) is 4.79 Å². The molecule has 0 saturated heterocycles. The molecule has 0 aliphatic heterocycles. The van der Waals surface area contributed by atoms with Crippen molar-refractivity contribution in [2.75, 3.05) is 10.6 Å². The molecule has 7 nitrogen and oxygen atoms in total. The number of nitrogens with one attached hydrogen (secondary N) is 2. The number of aromatic carboxylic acids is 1. The predicted molar refractivity (Wildman–Crippen MR) is 159 cm³/mol. The summed E-state index contributed by atoms with van der Waals surface area (Å²) in [4.78, 5) is 44.4. The molecule has 0 fully saturated rings. The number of nitrogens with zero attached hydrogens (tertiary/aromatic N) is 1. The fourth-order valence-corrected chi connectivity index (χ4v) is 6.58. The van der Waals surface area contributed by atoms with E-state index in [2.05, 4.69) is 15.6 Å². The van der Waals surface area contributed by atoms with Gasteiger partial charge in [0.2, 0.25) is 5.91 Å². The number of thioether (sulfide) groups is 1. The molecule has 0 radical (unpaired) electrons. The topological polar surface area (TPSA) is 108 Å². The maximum absolute atomic E-state index is 13.2. The summed E-state index contributed by atoms with van der Waals surface area (Å²) in [5.41, 5.74) is 1.74. The van der Waals surface area contributed by atoms with E-state index in [1.165, 1.54) is 29.2 Å². The Bertz CT molecular complexity index is 1660. The van der Waals surface area contributed by atoms with E-state index in [0.29, 0.717) is 28.0 Å². The Kier molecular flexibility index (Phi) is 8.06. The summed E-state index contributed by atoms with van der Waals surface area (Å²) in [7, 11) is 0. The molecule has 0 aliphatic rings. The third-order valence-corrected chi connectivity index (χ3v) is 8.93. The lowest BCUT2D eigenvalue weighted by Gasteiger charge is -2.15. The minimum Gasteiger partial charge on any atom is -0.478 e. The first-order valence-corrected chi connectivity index (χ1v) is 14.7. The summed E-state index contributed by atoms with van der Waals surface area (Å²) in [6.07, 6.45) is 0.601. The van der Waals surface area contributed by atoms with Crippen LogP contribution in [0.4, 0.5) is 10.8 Å². The summed E-state index contributed by atoms with van der Waals surface area (Å²) in [5, 5.41) is 20.6. The lowest BCUT2D eigenvalue weighted by atomic mass is 9.98. The standard InChI is InChI=1S/C29H23N3O4S3/c1-2-23(27(34)32-29-31-22(16-38-29)24-13-6-14-37-24)39-19-10-5-9-18(15-19)30-26(33)20-11-3-7-17-8-4-12-21(25(17)20)28(35)36/h3-16,23H,2H2,1H3,(H,30,33)(H,35,36)(H,31,32,34). The van der Waals surface area contributed by atoms with Crippen LogP contribution < -0.4 is 10.6 Å². The number of anilines is 2. The van der Waals surface area contributed by atoms with Crippen molar-refractivity contribution in [2.24, 2.45) is 0 Å². The summed E-state index contributed by atoms with van der Waals surface area (Å²) in [5.74, 6) is -1.64. The molecule has 10 heteroatoms. The zero-order valence-corrected chi connectivity index (χ0v) is 23.2. The molecule has 39 heavy (non-hydrogen) atoms. The van der Waals surface area contributed by atoms with E-state index in [-0.39, 0.29) is 22.3 Å². The number of amides is 2. The number of carboxylic acid groups (broad SMARTS) is 1. The van der Waals surface area contributed by atoms with Gasteiger partial charge >= 0.3 is 5.97 Å². The van der Waals surface area contributed by atoms with Crippen molar-refractivity contribution in [3.8, 4) is 10.6 Å². The van der Waals surface area contributed by atoms with Gasteiger partial charge in [-0.05, 0) is 53.6 Å². The van der Waals surface area contributed by atoms with Gasteiger partial charge in [-0.2, -0.15) is 0 Å². The third kappa shape index (κ3) is 6.03. The molecule has 1 atom stereocenters. The second kappa shape index (κ2) is 11.8. The summed E-state index contributed by atoms with van der Waals surface area (Å²) >= 11 is 4.39. The lowest BCUT2D eigenvalue weighted by molar-refractivity contribution is -0.115. The lowest BCUT2D eigenvalue weighted by Crippen LogP contribution is -2.24. The van der Waals surface area contributed by atoms with Gasteiger partial charge in [-0.15, -0.1) is 34.4 Å². The van der Waals surface area contributed by atoms with E-state index in [9.17, 15) is 19.5 Å². The second-order valence-electron chi connectivity index (χ2n) is 8.52. The molecule has 2 amide bonds. The average Bonchev–Trinajstić information content (AvgIpc) is 3.63. The fraction of sp³-hybridized carbons (Fsp3) is 0.103. The molecule has 5 aromatic rings. The van der Waals surface area contributed by atoms with Crippen molar-refractivity contribution in [3.63, 3.8) is 0 Å². The molecule has 0 spiro atoms. The summed E-state index contributed by atoms with van der Waals surface area (Å²) < 4.78 is 0. The predicted octanol–water partition coefficient (Wildman–Crippen LogP) is 7.48. The van der Waals surface area contributed by atoms with Gasteiger partial charge in [0.1, 0.15) is 0 Å². The van der Waals surface area contributed by atoms with Crippen molar-refractivity contribution < 1.29 is 19.5 Å². The van der Waals surface area contributed by atoms with Gasteiger partial charge in [0.15, 0.2) is 5.13 Å². The van der Waals surface area contributed by atoms with E-state index in [1.807, 2.05) is 41.9 Å². The number of rotatable bonds is 9. The molecule has 2 aromatic heterocycles. The Balaban J connectivity index is 1.29. The molecule has 3 N–H and O–H groups in total. The van der Waals surface area contributed by atoms with Crippen LogP contribution in [0.15, 0.2) is 88.5 Å². The molecular formula is C29H23N3O4S3. The second-order valence-corrected chi connectivity index (χ2v) is 11.6. The molecule has 196 valence electrons. The maximum atomic E-state index is 13.2. The van der Waals surface area contributed by atoms with E-state index < -0.39 is 11.9 Å². The van der Waals surface area contributed by atoms with Crippen molar-refractivity contribution >= 4 is 73.8 Å². The van der Waals surface area contributed by atoms with Crippen LogP contribution in [0.3, 0.4) is 0 Å². The Morgan fingerprint density at radius 3 is 2.44 bits per heavy atom. The monoisotopic (exact) mass is 573 g/mol. The van der Waals surface area contributed by atoms with Gasteiger partial charge < -0.3 is 15.7 Å². The molecule has 2 heterocycles. The van der Waals surface area contributed by atoms with Gasteiger partial charge in [-0.25, -0.2) is 9.78 Å². The summed E-state index contributed by atoms with van der Waals surface area (Å²) in [6, 6.07) is 21.3. The highest BCUT2D eigenvalue weighted by Crippen LogP contribution is 2.32. The SMILES string of the molecule is CCC(Sc1cccc(NC(=O)c2cccc3cccc(C(=O)O)c23)c1)C(=O)Nc1nc(-c2cccs2)cs1. The van der Waals surface area contributed by atoms with Crippen LogP contribution in [0.1, 0.15) is 34.1 Å². The minimum atomic E-state index is -1.09. The van der Waals surface area contributed by atoms with Crippen molar-refractivity contribution in [2.45, 2.75) is 23.5 Å². The average molecular weight is 574 g/mol. The van der Waals surface area contributed by atoms with Gasteiger partial charge in [0.25, 0.3) is 5.91 Å². The maximum Gasteiger partial charge on any atom is 0.336 e. The normalized spacial score (nSPS) is 11.7. The Morgan fingerprint density at radius 1 is 0.949 bits per heavy atom. The number of carbonyl (C=O) groups excluding carboxylic acids is 2. The third-order valence-electron chi connectivity index (χ3n) is 5.92. The number of aromatic nitrogens is 1. The van der Waals surface area contributed by atoms with Gasteiger partial charge in [0.05, 0.1) is 21.4 Å². The van der Waals surface area contributed by atoms with Crippen LogP contribution in [0.5, 0.6) is 0 Å². The number of carbonyl (C=O) groups is 3. The first kappa shape index (κ1) is 26.6. The van der Waals surface area contributed by atoms with Gasteiger partial charge in [-0.3, -0.25) is 9.59 Å². The van der Waals surface area contributed by atoms with Crippen LogP contribution in [-0.4, -0.2) is 33.1 Å². The van der Waals surface area contributed by atoms with E-state index in [0.717, 1.165) is 15.5 Å². The number of benzene rings is 3. The van der Waals surface area contributed by atoms with Crippen LogP contribution in [0, 0.1) is 0 Å². The van der Waals surface area contributed by atoms with Crippen LogP contribution in [0.25, 0.3) is 21.3 Å². The molecular weight excluding hydrogens is 551 g/mol. The first-order valence-electron chi connectivity index (χ1n) is 12.1. The zero-order valence-electron chi connectivity index (χ0n) is 20.7. The number of hydrogen-bond donors (Lipinski definition) is 3. The van der Waals surface area contributed by atoms with Gasteiger partial charge in [0, 0.05) is 26.9 Å². The number of carboxylic acids is 1. The quantitative estimate of drug-likeness (QED) is 0.158. The van der Waals surface area contributed by atoms with Gasteiger partial charge in [-0.1, -0.05) is 43.3 Å². The number of thiazole rings is 1. The molecule has 0 bridgehead atoms. The molecule has 0 saturated carbocycles. The van der Waals surface area contributed by atoms with Crippen molar-refractivity contribution in [1.82, 2.24) is 4.98 Å². The van der Waals surface area contributed by atoms with Crippen molar-refractivity contribution in [1.29, 1.82) is 0 Å². The highest BCUT2D eigenvalue weighted by Gasteiger charge is 2.21. The largest absolute Gasteiger partial charge is 0.478 e. The molecule has 5 rings (SSSR count). The smallest absolute Gasteiger partial charge is 0.336 e. The van der Waals surface area contributed by atoms with E-state index in [1.54, 1.807) is 53.8 Å². The molecule has 1 unspecified atom stereocenters. The Hall–Kier alpha value is -3.99. The Morgan fingerprint density at radius 2 is 1.72 bits per heavy atom. The summed E-state index contributed by atoms with van der Waals surface area (Å²) in [6.45, 7) is 1.95. The highest BCUT2D eigenvalue weighted by atomic mass is 32.2. The Labute approximate surface area is 236 Å². The van der Waals surface area contributed by atoms with Crippen molar-refractivity contribution in [3.05, 3.63) is 94.7 Å². The molecule has 3 aromatic carbocycles. The highest BCUT2D eigenvalue weighted by molar-refractivity contribution is 8.00. The number of thiophene rings is 1. The van der Waals surface area contributed by atoms with Crippen LogP contribution >= 0.6 is 34.4 Å². The number of fused-ring (bicyclic) bond motifs is 1. The fourth-order valence-electron chi connectivity index (χ4n) is 4.10. The van der Waals surface area contributed by atoms with E-state index >= 15 is 0 Å². The van der Waals surface area contributed by atoms with E-state index in [4.69, 9.17) is 0 Å². The zero-order chi connectivity index (χ0) is 27.4. The molecule has 0 aliphatic carbocycles. The van der Waals surface area contributed by atoms with Crippen LogP contribution in [0.2, 0.25) is 0 Å². The number of hydrogen-bond acceptors (Lipinski definition) is 7. The minimum absolute atomic E-state index is 0.0714.